The molecule has 62 valence electrons. The van der Waals surface area contributed by atoms with E-state index in [4.69, 9.17) is 5.11 Å². The van der Waals surface area contributed by atoms with Crippen LogP contribution in [0.15, 0.2) is 0 Å². The molecule has 0 fully saturated rings. The fourth-order valence-corrected chi connectivity index (χ4v) is 0.994. The molecule has 1 unspecified atom stereocenters. The first-order valence-electron chi connectivity index (χ1n) is 4.31. The van der Waals surface area contributed by atoms with Crippen LogP contribution >= 0.6 is 0 Å². The normalized spacial score (nSPS) is 14.1. The summed E-state index contributed by atoms with van der Waals surface area (Å²) in [5.74, 6) is 1.32. The van der Waals surface area contributed by atoms with Crippen LogP contribution in [0.2, 0.25) is 0 Å². The van der Waals surface area contributed by atoms with Crippen LogP contribution in [0.25, 0.3) is 0 Å². The predicted molar refractivity (Wildman–Crippen MR) is 44.9 cm³/mol. The summed E-state index contributed by atoms with van der Waals surface area (Å²) in [5, 5.41) is 8.84. The lowest BCUT2D eigenvalue weighted by atomic mass is 9.97. The van der Waals surface area contributed by atoms with Gasteiger partial charge < -0.3 is 5.11 Å². The molecule has 0 aliphatic carbocycles. The average molecular weight is 144 g/mol. The summed E-state index contributed by atoms with van der Waals surface area (Å²) in [5.41, 5.74) is 0. The van der Waals surface area contributed by atoms with E-state index in [1.165, 1.54) is 12.8 Å². The van der Waals surface area contributed by atoms with E-state index in [1.54, 1.807) is 0 Å². The summed E-state index contributed by atoms with van der Waals surface area (Å²) >= 11 is 0. The second kappa shape index (κ2) is 5.72. The molecule has 0 saturated carbocycles. The number of aliphatic hydroxyl groups excluding tert-OH is 1. The van der Waals surface area contributed by atoms with Crippen molar-refractivity contribution in [2.75, 3.05) is 6.61 Å². The molecule has 0 aromatic carbocycles. The van der Waals surface area contributed by atoms with Crippen molar-refractivity contribution in [1.82, 2.24) is 0 Å². The molecule has 0 bridgehead atoms. The van der Waals surface area contributed by atoms with Gasteiger partial charge in [0.15, 0.2) is 0 Å². The molecule has 1 heteroatoms. The Kier molecular flexibility index (Phi) is 5.70. The third-order valence-electron chi connectivity index (χ3n) is 1.99. The summed E-state index contributed by atoms with van der Waals surface area (Å²) in [6, 6.07) is 0. The van der Waals surface area contributed by atoms with Gasteiger partial charge in [0, 0.05) is 6.61 Å². The quantitative estimate of drug-likeness (QED) is 0.628. The van der Waals surface area contributed by atoms with Crippen LogP contribution in [0, 0.1) is 11.8 Å². The fraction of sp³-hybridized carbons (Fsp3) is 1.00. The van der Waals surface area contributed by atoms with Gasteiger partial charge in [-0.15, -0.1) is 0 Å². The van der Waals surface area contributed by atoms with Gasteiger partial charge in [0.05, 0.1) is 0 Å². The summed E-state index contributed by atoms with van der Waals surface area (Å²) in [6.07, 6.45) is 3.55. The number of rotatable bonds is 5. The average Bonchev–Trinajstić information content (AvgIpc) is 1.90. The zero-order chi connectivity index (χ0) is 7.98. The Bertz CT molecular complexity index is 65.1. The third kappa shape index (κ3) is 4.80. The van der Waals surface area contributed by atoms with E-state index < -0.39 is 0 Å². The van der Waals surface area contributed by atoms with Crippen molar-refractivity contribution in [1.29, 1.82) is 0 Å². The van der Waals surface area contributed by atoms with Crippen LogP contribution in [0.4, 0.5) is 0 Å². The van der Waals surface area contributed by atoms with Crippen molar-refractivity contribution in [2.45, 2.75) is 40.0 Å². The van der Waals surface area contributed by atoms with Crippen LogP contribution in [0.1, 0.15) is 40.0 Å². The Morgan fingerprint density at radius 1 is 1.20 bits per heavy atom. The number of hydrogen-bond acceptors (Lipinski definition) is 1. The maximum Gasteiger partial charge on any atom is 0.0459 e. The van der Waals surface area contributed by atoms with Crippen molar-refractivity contribution < 1.29 is 5.11 Å². The molecule has 0 radical (unpaired) electrons. The third-order valence-corrected chi connectivity index (χ3v) is 1.99. The molecule has 10 heavy (non-hydrogen) atoms. The maximum atomic E-state index is 8.84. The highest BCUT2D eigenvalue weighted by atomic mass is 16.3. The minimum atomic E-state index is 0.364. The van der Waals surface area contributed by atoms with Gasteiger partial charge in [-0.3, -0.25) is 0 Å². The lowest BCUT2D eigenvalue weighted by molar-refractivity contribution is 0.208. The molecule has 0 aliphatic heterocycles. The second-order valence-corrected chi connectivity index (χ2v) is 3.43. The maximum absolute atomic E-state index is 8.84. The van der Waals surface area contributed by atoms with Gasteiger partial charge in [0.25, 0.3) is 0 Å². The molecule has 0 aromatic heterocycles. The lowest BCUT2D eigenvalue weighted by Gasteiger charge is -2.12. The predicted octanol–water partition coefficient (Wildman–Crippen LogP) is 2.44. The Balaban J connectivity index is 3.26. The van der Waals surface area contributed by atoms with E-state index in [1.807, 2.05) is 0 Å². The van der Waals surface area contributed by atoms with Crippen molar-refractivity contribution in [2.24, 2.45) is 11.8 Å². The van der Waals surface area contributed by atoms with Crippen LogP contribution in [0.5, 0.6) is 0 Å². The highest BCUT2D eigenvalue weighted by Crippen LogP contribution is 2.13. The van der Waals surface area contributed by atoms with Gasteiger partial charge in [-0.05, 0) is 18.3 Å². The topological polar surface area (TPSA) is 20.2 Å². The first kappa shape index (κ1) is 9.96. The molecule has 1 atom stereocenters. The molecule has 0 saturated heterocycles. The van der Waals surface area contributed by atoms with Gasteiger partial charge in [-0.1, -0.05) is 33.6 Å². The zero-order valence-electron chi connectivity index (χ0n) is 7.43. The Hall–Kier alpha value is -0.0400. The monoisotopic (exact) mass is 144 g/mol. The van der Waals surface area contributed by atoms with Crippen molar-refractivity contribution in [3.63, 3.8) is 0 Å². The second-order valence-electron chi connectivity index (χ2n) is 3.43. The van der Waals surface area contributed by atoms with Gasteiger partial charge in [-0.2, -0.15) is 0 Å². The smallest absolute Gasteiger partial charge is 0.0459 e. The van der Waals surface area contributed by atoms with E-state index in [0.29, 0.717) is 12.5 Å². The molecule has 0 heterocycles. The Morgan fingerprint density at radius 3 is 2.10 bits per heavy atom. The molecule has 1 nitrogen and oxygen atoms in total. The first-order chi connectivity index (χ1) is 4.70. The Labute approximate surface area is 64.5 Å². The zero-order valence-corrected chi connectivity index (χ0v) is 7.43. The van der Waals surface area contributed by atoms with E-state index in [2.05, 4.69) is 20.8 Å². The number of hydrogen-bond donors (Lipinski definition) is 1. The Morgan fingerprint density at radius 2 is 1.80 bits per heavy atom. The van der Waals surface area contributed by atoms with Crippen LogP contribution in [-0.2, 0) is 0 Å². The summed E-state index contributed by atoms with van der Waals surface area (Å²) in [4.78, 5) is 0. The highest BCUT2D eigenvalue weighted by molar-refractivity contribution is 4.56. The van der Waals surface area contributed by atoms with Gasteiger partial charge >= 0.3 is 0 Å². The van der Waals surface area contributed by atoms with Gasteiger partial charge in [0.2, 0.25) is 0 Å². The molecule has 0 spiro atoms. The van der Waals surface area contributed by atoms with E-state index in [0.717, 1.165) is 12.3 Å². The molecular formula is C9H20O. The minimum Gasteiger partial charge on any atom is -0.396 e. The molecule has 0 aliphatic rings. The van der Waals surface area contributed by atoms with Crippen LogP contribution in [-0.4, -0.2) is 11.7 Å². The standard InChI is InChI=1S/C9H20O/c1-4-9(7-10)6-5-8(2)3/h8-10H,4-7H2,1-3H3. The molecule has 0 rings (SSSR count). The molecule has 1 N–H and O–H groups in total. The van der Waals surface area contributed by atoms with E-state index >= 15 is 0 Å². The van der Waals surface area contributed by atoms with Gasteiger partial charge in [-0.25, -0.2) is 0 Å². The van der Waals surface area contributed by atoms with Crippen LogP contribution in [0.3, 0.4) is 0 Å². The molecule has 0 amide bonds. The van der Waals surface area contributed by atoms with Crippen molar-refractivity contribution >= 4 is 0 Å². The SMILES string of the molecule is CCC(CO)CCC(C)C. The van der Waals surface area contributed by atoms with Crippen molar-refractivity contribution in [3.05, 3.63) is 0 Å². The van der Waals surface area contributed by atoms with Gasteiger partial charge in [0.1, 0.15) is 0 Å². The summed E-state index contributed by atoms with van der Waals surface area (Å²) in [7, 11) is 0. The summed E-state index contributed by atoms with van der Waals surface area (Å²) in [6.45, 7) is 6.96. The largest absolute Gasteiger partial charge is 0.396 e. The molecule has 0 aromatic rings. The highest BCUT2D eigenvalue weighted by Gasteiger charge is 2.04. The van der Waals surface area contributed by atoms with E-state index in [9.17, 15) is 0 Å². The van der Waals surface area contributed by atoms with Crippen LogP contribution < -0.4 is 0 Å². The number of aliphatic hydroxyl groups is 1. The minimum absolute atomic E-state index is 0.364. The van der Waals surface area contributed by atoms with Crippen molar-refractivity contribution in [3.8, 4) is 0 Å². The summed E-state index contributed by atoms with van der Waals surface area (Å²) < 4.78 is 0. The lowest BCUT2D eigenvalue weighted by Crippen LogP contribution is -2.05. The first-order valence-corrected chi connectivity index (χ1v) is 4.31. The fourth-order valence-electron chi connectivity index (χ4n) is 0.994. The van der Waals surface area contributed by atoms with E-state index in [-0.39, 0.29) is 0 Å². The molecular weight excluding hydrogens is 124 g/mol.